The van der Waals surface area contributed by atoms with Crippen LogP contribution in [0.1, 0.15) is 57.6 Å². The number of carbonyl (C=O) groups excluding carboxylic acids is 4. The first kappa shape index (κ1) is 36.3. The predicted molar refractivity (Wildman–Crippen MR) is 184 cm³/mol. The van der Waals surface area contributed by atoms with Crippen LogP contribution in [0.4, 0.5) is 0 Å². The zero-order chi connectivity index (χ0) is 34.7. The van der Waals surface area contributed by atoms with Crippen LogP contribution in [0.15, 0.2) is 48.7 Å². The highest BCUT2D eigenvalue weighted by Gasteiger charge is 2.40. The Bertz CT molecular complexity index is 1580. The lowest BCUT2D eigenvalue weighted by Gasteiger charge is -2.33. The quantitative estimate of drug-likeness (QED) is 0.274. The van der Waals surface area contributed by atoms with Gasteiger partial charge in [0, 0.05) is 56.7 Å². The number of hydrogen-bond acceptors (Lipinski definition) is 7. The molecule has 2 N–H and O–H groups in total. The van der Waals surface area contributed by atoms with E-state index in [1.807, 2.05) is 48.1 Å². The van der Waals surface area contributed by atoms with Gasteiger partial charge < -0.3 is 34.3 Å². The second kappa shape index (κ2) is 17.0. The van der Waals surface area contributed by atoms with Gasteiger partial charge in [-0.1, -0.05) is 38.1 Å². The minimum Gasteiger partial charge on any atom is -0.493 e. The topological polar surface area (TPSA) is 128 Å². The number of rotatable bonds is 8. The second-order valence-electron chi connectivity index (χ2n) is 13.0. The molecule has 2 aliphatic heterocycles. The molecule has 2 bridgehead atoms. The molecule has 11 heteroatoms. The van der Waals surface area contributed by atoms with Gasteiger partial charge in [-0.15, -0.1) is 0 Å². The lowest BCUT2D eigenvalue weighted by atomic mass is 9.76. The molecule has 1 unspecified atom stereocenters. The number of carbonyl (C=O) groups is 4. The predicted octanol–water partition coefficient (Wildman–Crippen LogP) is 4.19. The highest BCUT2D eigenvalue weighted by atomic mass is 16.5. The van der Waals surface area contributed by atoms with Crippen molar-refractivity contribution in [3.05, 3.63) is 59.8 Å². The molecule has 5 rings (SSSR count). The minimum absolute atomic E-state index is 0.0947. The van der Waals surface area contributed by atoms with Gasteiger partial charge in [-0.2, -0.15) is 0 Å². The molecule has 48 heavy (non-hydrogen) atoms. The van der Waals surface area contributed by atoms with E-state index >= 15 is 0 Å². The summed E-state index contributed by atoms with van der Waals surface area (Å²) >= 11 is 0. The van der Waals surface area contributed by atoms with E-state index in [9.17, 15) is 19.2 Å². The Labute approximate surface area is 283 Å². The van der Waals surface area contributed by atoms with Gasteiger partial charge in [0.1, 0.15) is 0 Å². The van der Waals surface area contributed by atoms with Crippen molar-refractivity contribution in [2.75, 3.05) is 46.5 Å². The molecular formula is C37H50N4O7. The molecule has 3 aromatic rings. The van der Waals surface area contributed by atoms with Crippen molar-refractivity contribution >= 4 is 34.6 Å². The molecule has 0 spiro atoms. The summed E-state index contributed by atoms with van der Waals surface area (Å²) in [4.78, 5) is 55.0. The van der Waals surface area contributed by atoms with Gasteiger partial charge in [-0.25, -0.2) is 0 Å². The molecule has 2 aromatic carbocycles. The molecular weight excluding hydrogens is 612 g/mol. The molecule has 0 saturated carbocycles. The Morgan fingerprint density at radius 3 is 2.60 bits per heavy atom. The normalized spacial score (nSPS) is 18.3. The van der Waals surface area contributed by atoms with E-state index < -0.39 is 5.41 Å². The van der Waals surface area contributed by atoms with Crippen molar-refractivity contribution in [3.8, 4) is 11.5 Å². The Morgan fingerprint density at radius 1 is 1.06 bits per heavy atom. The smallest absolute Gasteiger partial charge is 0.314 e. The van der Waals surface area contributed by atoms with Gasteiger partial charge in [0.15, 0.2) is 18.1 Å². The number of methoxy groups -OCH3 is 1. The van der Waals surface area contributed by atoms with Crippen LogP contribution in [0.5, 0.6) is 11.5 Å². The fraction of sp³-hybridized carbons (Fsp3) is 0.514. The van der Waals surface area contributed by atoms with E-state index in [-0.39, 0.29) is 69.4 Å². The molecule has 1 atom stereocenters. The lowest BCUT2D eigenvalue weighted by molar-refractivity contribution is -0.156. The Balaban J connectivity index is 1.58. The third-order valence-electron chi connectivity index (χ3n) is 8.87. The number of hydrogen-bond donors (Lipinski definition) is 2. The van der Waals surface area contributed by atoms with Gasteiger partial charge >= 0.3 is 5.97 Å². The average molecular weight is 663 g/mol. The number of ether oxygens (including phenoxy) is 3. The average Bonchev–Trinajstić information content (AvgIpc) is 3.38. The number of benzene rings is 2. The number of amides is 3. The summed E-state index contributed by atoms with van der Waals surface area (Å²) in [6.07, 6.45) is 4.34. The maximum absolute atomic E-state index is 13.6. The van der Waals surface area contributed by atoms with Gasteiger partial charge in [-0.05, 0) is 67.9 Å². The Kier molecular flexibility index (Phi) is 12.9. The summed E-state index contributed by atoms with van der Waals surface area (Å²) < 4.78 is 19.0. The maximum atomic E-state index is 13.6. The second-order valence-corrected chi connectivity index (χ2v) is 13.0. The van der Waals surface area contributed by atoms with Gasteiger partial charge in [-0.3, -0.25) is 19.2 Å². The van der Waals surface area contributed by atoms with Crippen LogP contribution >= 0.6 is 0 Å². The molecule has 0 fully saturated rings. The van der Waals surface area contributed by atoms with Crippen LogP contribution < -0.4 is 20.1 Å². The van der Waals surface area contributed by atoms with E-state index in [4.69, 9.17) is 14.2 Å². The number of aromatic nitrogens is 1. The summed E-state index contributed by atoms with van der Waals surface area (Å²) in [5, 5.41) is 6.88. The SMILES string of the molecule is CCOC(=O)C1(CCC(C)C)CNC(=O)CCCN(C(=O)Cc2cn(C)c3ccccc23)CCNC(=O)COc2ccc(cc2OC)C1. The van der Waals surface area contributed by atoms with Crippen molar-refractivity contribution in [1.29, 1.82) is 0 Å². The van der Waals surface area contributed by atoms with Crippen LogP contribution in [-0.2, 0) is 43.8 Å². The number of fused-ring (bicyclic) bond motifs is 17. The van der Waals surface area contributed by atoms with Crippen molar-refractivity contribution in [2.45, 2.75) is 59.3 Å². The zero-order valence-electron chi connectivity index (χ0n) is 28.9. The summed E-state index contributed by atoms with van der Waals surface area (Å²) in [6, 6.07) is 13.3. The van der Waals surface area contributed by atoms with Crippen molar-refractivity contribution < 1.29 is 33.4 Å². The van der Waals surface area contributed by atoms with Gasteiger partial charge in [0.25, 0.3) is 5.91 Å². The van der Waals surface area contributed by atoms with Crippen molar-refractivity contribution in [3.63, 3.8) is 0 Å². The van der Waals surface area contributed by atoms with E-state index in [0.29, 0.717) is 43.2 Å². The summed E-state index contributed by atoms with van der Waals surface area (Å²) in [6.45, 7) is 6.89. The number of para-hydroxylation sites is 1. The number of esters is 1. The highest BCUT2D eigenvalue weighted by molar-refractivity contribution is 5.89. The number of nitrogens with one attached hydrogen (secondary N) is 2. The largest absolute Gasteiger partial charge is 0.493 e. The third kappa shape index (κ3) is 9.51. The summed E-state index contributed by atoms with van der Waals surface area (Å²) in [5.41, 5.74) is 1.76. The standard InChI is InChI=1S/C37H50N4O7/c1-6-47-36(45)37(16-15-26(2)3)22-27-13-14-31(32(20-27)46-5)48-24-34(43)38-17-19-41(18-9-12-33(42)39-25-37)35(44)21-28-23-40(4)30-11-8-7-10-29(28)30/h7-8,10-11,13-14,20,23,26H,6,9,12,15-19,21-22,24-25H2,1-5H3,(H,38,43)(H,39,42). The fourth-order valence-corrected chi connectivity index (χ4v) is 6.18. The third-order valence-corrected chi connectivity index (χ3v) is 8.87. The van der Waals surface area contributed by atoms with Crippen LogP contribution in [0.25, 0.3) is 10.9 Å². The van der Waals surface area contributed by atoms with E-state index in [1.54, 1.807) is 24.0 Å². The highest BCUT2D eigenvalue weighted by Crippen LogP contribution is 2.35. The molecule has 3 heterocycles. The molecule has 1 aromatic heterocycles. The first-order chi connectivity index (χ1) is 23.0. The molecule has 0 aliphatic carbocycles. The summed E-state index contributed by atoms with van der Waals surface area (Å²) in [5.74, 6) is 0.142. The molecule has 3 amide bonds. The monoisotopic (exact) mass is 662 g/mol. The molecule has 11 nitrogen and oxygen atoms in total. The first-order valence-corrected chi connectivity index (χ1v) is 16.9. The summed E-state index contributed by atoms with van der Waals surface area (Å²) in [7, 11) is 3.47. The lowest BCUT2D eigenvalue weighted by Crippen LogP contribution is -2.46. The van der Waals surface area contributed by atoms with E-state index in [0.717, 1.165) is 28.5 Å². The van der Waals surface area contributed by atoms with Gasteiger partial charge in [0.2, 0.25) is 11.8 Å². The molecule has 260 valence electrons. The Hall–Kier alpha value is -4.54. The van der Waals surface area contributed by atoms with Crippen molar-refractivity contribution in [2.24, 2.45) is 18.4 Å². The fourth-order valence-electron chi connectivity index (χ4n) is 6.18. The van der Waals surface area contributed by atoms with E-state index in [1.165, 1.54) is 7.11 Å². The van der Waals surface area contributed by atoms with Crippen LogP contribution in [-0.4, -0.2) is 79.7 Å². The molecule has 0 radical (unpaired) electrons. The number of nitrogens with zero attached hydrogens (tertiary/aromatic N) is 2. The van der Waals surface area contributed by atoms with E-state index in [2.05, 4.69) is 24.5 Å². The zero-order valence-corrected chi connectivity index (χ0v) is 28.9. The van der Waals surface area contributed by atoms with Crippen molar-refractivity contribution in [1.82, 2.24) is 20.1 Å². The molecule has 2 aliphatic rings. The van der Waals surface area contributed by atoms with Crippen LogP contribution in [0.2, 0.25) is 0 Å². The maximum Gasteiger partial charge on any atom is 0.314 e. The minimum atomic E-state index is -1.01. The number of aryl methyl sites for hydroxylation is 1. The first-order valence-electron chi connectivity index (χ1n) is 16.9. The van der Waals surface area contributed by atoms with Crippen LogP contribution in [0, 0.1) is 11.3 Å². The van der Waals surface area contributed by atoms with Crippen LogP contribution in [0.3, 0.4) is 0 Å². The Morgan fingerprint density at radius 2 is 1.85 bits per heavy atom. The molecule has 0 saturated heterocycles. The van der Waals surface area contributed by atoms with Gasteiger partial charge in [0.05, 0.1) is 25.6 Å².